The highest BCUT2D eigenvalue weighted by Gasteiger charge is 1.88. The van der Waals surface area contributed by atoms with Crippen molar-refractivity contribution in [3.8, 4) is 0 Å². The van der Waals surface area contributed by atoms with Gasteiger partial charge in [0.15, 0.2) is 0 Å². The van der Waals surface area contributed by atoms with E-state index in [-0.39, 0.29) is 0 Å². The molecular weight excluding hydrogens is 264 g/mol. The van der Waals surface area contributed by atoms with E-state index in [1.807, 2.05) is 12.2 Å². The van der Waals surface area contributed by atoms with Crippen LogP contribution >= 0.6 is 0 Å². The predicted octanol–water partition coefficient (Wildman–Crippen LogP) is 8.18. The topological polar surface area (TPSA) is 0 Å². The molecule has 0 fully saturated rings. The molecule has 0 aromatic carbocycles. The number of unbranched alkanes of at least 4 members (excludes halogenated alkanes) is 5. The summed E-state index contributed by atoms with van der Waals surface area (Å²) in [7, 11) is 0. The quantitative estimate of drug-likeness (QED) is 0.252. The van der Waals surface area contributed by atoms with Gasteiger partial charge < -0.3 is 0 Å². The Morgan fingerprint density at radius 3 is 1.77 bits per heavy atom. The predicted molar refractivity (Wildman–Crippen MR) is 105 cm³/mol. The van der Waals surface area contributed by atoms with Crippen LogP contribution < -0.4 is 0 Å². The molecule has 0 aliphatic heterocycles. The van der Waals surface area contributed by atoms with Crippen molar-refractivity contribution in [3.05, 3.63) is 48.6 Å². The average Bonchev–Trinajstić information content (AvgIpc) is 2.52. The van der Waals surface area contributed by atoms with Crippen molar-refractivity contribution in [1.82, 2.24) is 0 Å². The molecule has 128 valence electrons. The molecule has 0 aromatic heterocycles. The van der Waals surface area contributed by atoms with Gasteiger partial charge in [0.05, 0.1) is 0 Å². The fraction of sp³-hybridized carbons (Fsp3) is 0.636. The lowest BCUT2D eigenvalue weighted by Crippen LogP contribution is -1.78. The van der Waals surface area contributed by atoms with Crippen molar-refractivity contribution in [3.63, 3.8) is 0 Å². The Hall–Kier alpha value is -1.04. The first-order valence-electron chi connectivity index (χ1n) is 9.15. The molecule has 0 aliphatic rings. The number of rotatable bonds is 12. The molecule has 0 spiro atoms. The van der Waals surface area contributed by atoms with Gasteiger partial charge in [-0.3, -0.25) is 0 Å². The lowest BCUT2D eigenvalue weighted by atomic mass is 10.1. The van der Waals surface area contributed by atoms with Gasteiger partial charge in [-0.15, -0.1) is 13.2 Å². The molecule has 0 amide bonds. The molecule has 0 radical (unpaired) electrons. The van der Waals surface area contributed by atoms with Gasteiger partial charge >= 0.3 is 0 Å². The molecule has 0 unspecified atom stereocenters. The van der Waals surface area contributed by atoms with Crippen molar-refractivity contribution in [2.24, 2.45) is 0 Å². The Labute approximate surface area is 141 Å². The molecular formula is C22H40. The lowest BCUT2D eigenvalue weighted by Gasteiger charge is -1.98. The summed E-state index contributed by atoms with van der Waals surface area (Å²) < 4.78 is 0. The summed E-state index contributed by atoms with van der Waals surface area (Å²) in [5, 5.41) is 0. The third-order valence-electron chi connectivity index (χ3n) is 3.69. The molecule has 0 N–H and O–H groups in total. The van der Waals surface area contributed by atoms with Gasteiger partial charge in [0.25, 0.3) is 0 Å². The zero-order valence-electron chi connectivity index (χ0n) is 15.8. The molecule has 0 rings (SSSR count). The Balaban J connectivity index is 0. The van der Waals surface area contributed by atoms with Gasteiger partial charge in [-0.2, -0.15) is 0 Å². The monoisotopic (exact) mass is 304 g/mol. The van der Waals surface area contributed by atoms with E-state index in [4.69, 9.17) is 0 Å². The third-order valence-corrected chi connectivity index (χ3v) is 3.69. The summed E-state index contributed by atoms with van der Waals surface area (Å²) in [6, 6.07) is 0. The van der Waals surface area contributed by atoms with Gasteiger partial charge in [-0.1, -0.05) is 49.3 Å². The maximum absolute atomic E-state index is 3.70. The van der Waals surface area contributed by atoms with E-state index in [1.165, 1.54) is 75.4 Å². The summed E-state index contributed by atoms with van der Waals surface area (Å²) in [6.07, 6.45) is 21.1. The van der Waals surface area contributed by atoms with E-state index in [9.17, 15) is 0 Å². The summed E-state index contributed by atoms with van der Waals surface area (Å²) in [5.41, 5.74) is 3.06. The highest BCUT2D eigenvalue weighted by atomic mass is 13.9. The van der Waals surface area contributed by atoms with E-state index in [0.29, 0.717) is 0 Å². The Kier molecular flexibility index (Phi) is 21.1. The van der Waals surface area contributed by atoms with Crippen molar-refractivity contribution in [2.75, 3.05) is 0 Å². The largest absolute Gasteiger partial charge is 0.103 e. The third kappa shape index (κ3) is 21.3. The van der Waals surface area contributed by atoms with E-state index in [2.05, 4.69) is 53.0 Å². The lowest BCUT2D eigenvalue weighted by molar-refractivity contribution is 0.740. The van der Waals surface area contributed by atoms with Crippen molar-refractivity contribution >= 4 is 0 Å². The first-order chi connectivity index (χ1) is 10.6. The Morgan fingerprint density at radius 1 is 0.727 bits per heavy atom. The SMILES string of the molecule is C=CCCCCC(C)=CCC.C=CCCCCC=C(C)CC. The van der Waals surface area contributed by atoms with Crippen LogP contribution in [0.1, 0.15) is 91.9 Å². The fourth-order valence-corrected chi connectivity index (χ4v) is 2.07. The average molecular weight is 305 g/mol. The van der Waals surface area contributed by atoms with E-state index < -0.39 is 0 Å². The molecule has 0 aliphatic carbocycles. The normalized spacial score (nSPS) is 11.6. The van der Waals surface area contributed by atoms with Crippen LogP contribution in [-0.2, 0) is 0 Å². The molecule has 0 heteroatoms. The van der Waals surface area contributed by atoms with Crippen LogP contribution in [0.2, 0.25) is 0 Å². The first kappa shape index (κ1) is 23.2. The standard InChI is InChI=1S/2C11H20/c1-4-6-7-8-9-10-11(3)5-2;1-4-6-7-8-10-11(3)9-5-2/h4,10H,1,5-9H2,2-3H3;4,9H,1,5-8,10H2,2-3H3. The molecule has 0 nitrogen and oxygen atoms in total. The highest BCUT2D eigenvalue weighted by Crippen LogP contribution is 2.08. The van der Waals surface area contributed by atoms with E-state index in [1.54, 1.807) is 0 Å². The minimum atomic E-state index is 1.17. The van der Waals surface area contributed by atoms with Crippen LogP contribution in [0.5, 0.6) is 0 Å². The minimum absolute atomic E-state index is 1.17. The van der Waals surface area contributed by atoms with Crippen LogP contribution in [0.25, 0.3) is 0 Å². The zero-order chi connectivity index (χ0) is 17.1. The van der Waals surface area contributed by atoms with Crippen LogP contribution in [-0.4, -0.2) is 0 Å². The van der Waals surface area contributed by atoms with Gasteiger partial charge in [-0.05, 0) is 78.1 Å². The number of hydrogen-bond donors (Lipinski definition) is 0. The molecule has 22 heavy (non-hydrogen) atoms. The van der Waals surface area contributed by atoms with E-state index in [0.717, 1.165) is 0 Å². The summed E-state index contributed by atoms with van der Waals surface area (Å²) in [6.45, 7) is 16.2. The van der Waals surface area contributed by atoms with E-state index >= 15 is 0 Å². The van der Waals surface area contributed by atoms with Gasteiger partial charge in [-0.25, -0.2) is 0 Å². The van der Waals surface area contributed by atoms with Gasteiger partial charge in [0.2, 0.25) is 0 Å². The van der Waals surface area contributed by atoms with Crippen LogP contribution in [0, 0.1) is 0 Å². The summed E-state index contributed by atoms with van der Waals surface area (Å²) in [5.74, 6) is 0. The van der Waals surface area contributed by atoms with Crippen LogP contribution in [0.3, 0.4) is 0 Å². The van der Waals surface area contributed by atoms with Crippen LogP contribution in [0.4, 0.5) is 0 Å². The van der Waals surface area contributed by atoms with Crippen molar-refractivity contribution in [2.45, 2.75) is 91.9 Å². The second kappa shape index (κ2) is 20.0. The smallest absolute Gasteiger partial charge is 0.0323 e. The van der Waals surface area contributed by atoms with Crippen molar-refractivity contribution in [1.29, 1.82) is 0 Å². The summed E-state index contributed by atoms with van der Waals surface area (Å²) in [4.78, 5) is 0. The molecule has 0 saturated carbocycles. The number of hydrogen-bond acceptors (Lipinski definition) is 0. The Morgan fingerprint density at radius 2 is 1.27 bits per heavy atom. The van der Waals surface area contributed by atoms with Gasteiger partial charge in [0, 0.05) is 0 Å². The second-order valence-electron chi connectivity index (χ2n) is 5.97. The fourth-order valence-electron chi connectivity index (χ4n) is 2.07. The molecule has 0 atom stereocenters. The van der Waals surface area contributed by atoms with Crippen LogP contribution in [0.15, 0.2) is 48.6 Å². The second-order valence-corrected chi connectivity index (χ2v) is 5.97. The molecule has 0 bridgehead atoms. The molecule has 0 aromatic rings. The maximum atomic E-state index is 3.70. The maximum Gasteiger partial charge on any atom is -0.0323 e. The van der Waals surface area contributed by atoms with Crippen molar-refractivity contribution < 1.29 is 0 Å². The molecule has 0 saturated heterocycles. The first-order valence-corrected chi connectivity index (χ1v) is 9.15. The molecule has 0 heterocycles. The number of allylic oxidation sites excluding steroid dienone is 6. The van der Waals surface area contributed by atoms with Gasteiger partial charge in [0.1, 0.15) is 0 Å². The zero-order valence-corrected chi connectivity index (χ0v) is 15.8. The minimum Gasteiger partial charge on any atom is -0.103 e. The summed E-state index contributed by atoms with van der Waals surface area (Å²) >= 11 is 0. The Bertz CT molecular complexity index is 304. The highest BCUT2D eigenvalue weighted by molar-refractivity contribution is 4.97.